The largest absolute Gasteiger partial charge is 0.490 e. The molecule has 5 aliphatic rings. The molecule has 2 aliphatic carbocycles. The maximum atomic E-state index is 15.4. The zero-order valence-electron chi connectivity index (χ0n) is 30.5. The zero-order chi connectivity index (χ0) is 36.9. The molecule has 0 radical (unpaired) electrons. The molecule has 53 heavy (non-hydrogen) atoms. The van der Waals surface area contributed by atoms with Gasteiger partial charge < -0.3 is 18.9 Å². The van der Waals surface area contributed by atoms with Gasteiger partial charge in [-0.15, -0.1) is 4.36 Å². The van der Waals surface area contributed by atoms with Crippen molar-refractivity contribution in [2.24, 2.45) is 22.1 Å². The Labute approximate surface area is 316 Å². The minimum atomic E-state index is -3.68. The van der Waals surface area contributed by atoms with Gasteiger partial charge in [0.1, 0.15) is 15.7 Å². The highest BCUT2D eigenvalue weighted by molar-refractivity contribution is 7.92. The molecule has 1 spiro atoms. The number of carbonyl (C=O) groups is 2. The van der Waals surface area contributed by atoms with Crippen molar-refractivity contribution in [3.63, 3.8) is 0 Å². The molecular formula is C41H48ClFN4O5S. The molecule has 1 fully saturated rings. The number of benzene rings is 2. The number of rotatable bonds is 3. The molecule has 1 N–H and O–H groups in total. The predicted octanol–water partition coefficient (Wildman–Crippen LogP) is 7.68. The smallest absolute Gasteiger partial charge is 0.286 e. The lowest BCUT2D eigenvalue weighted by Gasteiger charge is -2.46. The van der Waals surface area contributed by atoms with E-state index in [0.29, 0.717) is 50.1 Å². The molecule has 1 aromatic heterocycles. The summed E-state index contributed by atoms with van der Waals surface area (Å²) in [5.74, 6) is -1.14. The fourth-order valence-electron chi connectivity index (χ4n) is 9.33. The number of hydrogen-bond donors (Lipinski definition) is 1. The van der Waals surface area contributed by atoms with Crippen molar-refractivity contribution in [3.05, 3.63) is 93.5 Å². The molecule has 3 aliphatic heterocycles. The van der Waals surface area contributed by atoms with Crippen LogP contribution in [0.3, 0.4) is 0 Å². The van der Waals surface area contributed by atoms with Crippen LogP contribution in [0.2, 0.25) is 5.02 Å². The summed E-state index contributed by atoms with van der Waals surface area (Å²) in [5, 5.41) is 0.728. The Hall–Kier alpha value is -3.67. The lowest BCUT2D eigenvalue weighted by molar-refractivity contribution is 0.0131. The number of halogens is 2. The summed E-state index contributed by atoms with van der Waals surface area (Å²) in [6.07, 6.45) is 12.0. The zero-order valence-corrected chi connectivity index (χ0v) is 32.0. The first kappa shape index (κ1) is 36.3. The average molecular weight is 763 g/mol. The highest BCUT2D eigenvalue weighted by atomic mass is 35.5. The van der Waals surface area contributed by atoms with Crippen LogP contribution in [-0.4, -0.2) is 59.3 Å². The van der Waals surface area contributed by atoms with Crippen LogP contribution < -0.4 is 14.4 Å². The minimum Gasteiger partial charge on any atom is -0.490 e. The first-order valence-electron chi connectivity index (χ1n) is 19.0. The number of nitrogens with one attached hydrogen (secondary N) is 1. The molecule has 6 atom stereocenters. The Bertz CT molecular complexity index is 2090. The number of methoxy groups -OCH3 is 1. The third-order valence-electron chi connectivity index (χ3n) is 12.2. The maximum Gasteiger partial charge on any atom is 0.286 e. The Balaban J connectivity index is 1.19. The summed E-state index contributed by atoms with van der Waals surface area (Å²) in [6, 6.07) is 13.0. The number of fused-ring (bicyclic) bond motifs is 5. The van der Waals surface area contributed by atoms with Gasteiger partial charge in [0.15, 0.2) is 0 Å². The number of amides is 2. The van der Waals surface area contributed by atoms with Crippen LogP contribution in [0.1, 0.15) is 89.4 Å². The van der Waals surface area contributed by atoms with Crippen LogP contribution in [0.25, 0.3) is 0 Å². The second-order valence-corrected chi connectivity index (χ2v) is 18.3. The van der Waals surface area contributed by atoms with Gasteiger partial charge >= 0.3 is 0 Å². The Morgan fingerprint density at radius 1 is 1.13 bits per heavy atom. The van der Waals surface area contributed by atoms with Crippen molar-refractivity contribution in [1.82, 2.24) is 9.29 Å². The number of allylic oxidation sites excluding steroid dienone is 1. The number of hydrogen-bond acceptors (Lipinski definition) is 6. The van der Waals surface area contributed by atoms with Gasteiger partial charge in [0.25, 0.3) is 11.8 Å². The Morgan fingerprint density at radius 2 is 2.00 bits per heavy atom. The molecule has 2 amide bonds. The number of nitrogens with zero attached hydrogens (tertiary/aromatic N) is 3. The monoisotopic (exact) mass is 762 g/mol. The highest BCUT2D eigenvalue weighted by Gasteiger charge is 2.44. The van der Waals surface area contributed by atoms with Crippen LogP contribution >= 0.6 is 11.6 Å². The highest BCUT2D eigenvalue weighted by Crippen LogP contribution is 2.47. The molecule has 2 aromatic carbocycles. The van der Waals surface area contributed by atoms with E-state index >= 15 is 4.39 Å². The van der Waals surface area contributed by atoms with E-state index in [0.717, 1.165) is 67.9 Å². The molecule has 282 valence electrons. The topological polar surface area (TPSA) is 102 Å². The van der Waals surface area contributed by atoms with Crippen LogP contribution in [0.4, 0.5) is 10.1 Å². The van der Waals surface area contributed by atoms with Gasteiger partial charge in [-0.3, -0.25) is 14.3 Å². The standard InChI is InChI=1S/C41H48ClFN4O5S/c1-26-7-5-10-36(51-2)32-14-11-29(32)22-46-24-41(17-6-8-27-19-30(42)13-15-34(27)41)25-52-37-16-12-28(20-35(37)46)39(48)44-53(50,23-26)45-40(49)33-21-31-9-3-4-18-47(31)38(33)43/h5,10,12-13,15-16,19-21,26,29,32,36H,3-4,6-9,11,14,17-18,22-25H2,1-2H3,(H,44,45,48,49,50)/b10-5+/t26-,29-,32+,36-,41-,53-/m0/s1. The molecule has 9 nitrogen and oxygen atoms in total. The maximum absolute atomic E-state index is 15.4. The average Bonchev–Trinajstić information content (AvgIpc) is 3.38. The van der Waals surface area contributed by atoms with Gasteiger partial charge in [0, 0.05) is 48.4 Å². The SMILES string of the molecule is CO[C@H]1/C=C/C[C@H](C)C[S@@](=O)(NC(=O)c2cc3n(c2F)CCCC3)=NC(=O)c2ccc3c(c2)N(C[C@@H]2CC[C@H]21)C[C@@]1(CCCc2cc(Cl)ccc21)CO3. The second-order valence-electron chi connectivity index (χ2n) is 15.8. The van der Waals surface area contributed by atoms with E-state index < -0.39 is 27.7 Å². The molecule has 4 heterocycles. The molecular weight excluding hydrogens is 715 g/mol. The minimum absolute atomic E-state index is 0.0835. The Kier molecular flexibility index (Phi) is 9.95. The number of carbonyl (C=O) groups excluding carboxylic acids is 2. The molecule has 1 saturated carbocycles. The predicted molar refractivity (Wildman–Crippen MR) is 205 cm³/mol. The van der Waals surface area contributed by atoms with Gasteiger partial charge in [0.05, 0.1) is 29.7 Å². The van der Waals surface area contributed by atoms with Gasteiger partial charge in [0.2, 0.25) is 5.95 Å². The van der Waals surface area contributed by atoms with Crippen molar-refractivity contribution in [3.8, 4) is 5.75 Å². The molecule has 2 bridgehead atoms. The van der Waals surface area contributed by atoms with E-state index in [4.69, 9.17) is 21.1 Å². The van der Waals surface area contributed by atoms with Crippen molar-refractivity contribution >= 4 is 39.0 Å². The van der Waals surface area contributed by atoms with Gasteiger partial charge in [-0.25, -0.2) is 4.21 Å². The third-order valence-corrected chi connectivity index (χ3v) is 14.4. The molecule has 8 rings (SSSR count). The normalized spacial score (nSPS) is 30.4. The molecule has 0 unspecified atom stereocenters. The van der Waals surface area contributed by atoms with E-state index in [1.165, 1.54) is 21.8 Å². The second kappa shape index (κ2) is 14.5. The van der Waals surface area contributed by atoms with Crippen molar-refractivity contribution in [2.75, 3.05) is 37.5 Å². The number of aromatic nitrogens is 1. The number of anilines is 1. The van der Waals surface area contributed by atoms with Gasteiger partial charge in [-0.05, 0) is 123 Å². The van der Waals surface area contributed by atoms with E-state index in [9.17, 15) is 13.8 Å². The van der Waals surface area contributed by atoms with E-state index in [-0.39, 0.29) is 34.3 Å². The summed E-state index contributed by atoms with van der Waals surface area (Å²) in [7, 11) is -1.93. The van der Waals surface area contributed by atoms with Crippen LogP contribution in [-0.2, 0) is 39.5 Å². The third kappa shape index (κ3) is 7.05. The summed E-state index contributed by atoms with van der Waals surface area (Å²) >= 11 is 6.46. The lowest BCUT2D eigenvalue weighted by Crippen LogP contribution is -2.49. The van der Waals surface area contributed by atoms with Gasteiger partial charge in [-0.1, -0.05) is 36.7 Å². The quantitative estimate of drug-likeness (QED) is 0.275. The van der Waals surface area contributed by atoms with Crippen molar-refractivity contribution < 1.29 is 27.7 Å². The summed E-state index contributed by atoms with van der Waals surface area (Å²) in [5.41, 5.74) is 3.82. The molecule has 3 aromatic rings. The van der Waals surface area contributed by atoms with E-state index in [2.05, 4.69) is 32.2 Å². The summed E-state index contributed by atoms with van der Waals surface area (Å²) in [4.78, 5) is 30.1. The van der Waals surface area contributed by atoms with E-state index in [1.807, 2.05) is 25.1 Å². The van der Waals surface area contributed by atoms with E-state index in [1.54, 1.807) is 19.2 Å². The van der Waals surface area contributed by atoms with Gasteiger partial charge in [-0.2, -0.15) is 4.39 Å². The number of ether oxygens (including phenoxy) is 2. The fraction of sp³-hybridized carbons (Fsp3) is 0.512. The van der Waals surface area contributed by atoms with Crippen molar-refractivity contribution in [2.45, 2.75) is 82.8 Å². The first-order valence-corrected chi connectivity index (χ1v) is 21.1. The summed E-state index contributed by atoms with van der Waals surface area (Å²) < 4.78 is 51.1. The number of aryl methyl sites for hydroxylation is 2. The fourth-order valence-corrected chi connectivity index (χ4v) is 11.4. The van der Waals surface area contributed by atoms with Crippen molar-refractivity contribution in [1.29, 1.82) is 0 Å². The Morgan fingerprint density at radius 3 is 2.79 bits per heavy atom. The molecule has 12 heteroatoms. The van der Waals surface area contributed by atoms with Crippen LogP contribution in [0.5, 0.6) is 5.75 Å². The summed E-state index contributed by atoms with van der Waals surface area (Å²) in [6.45, 7) is 4.33. The van der Waals surface area contributed by atoms with Crippen LogP contribution in [0, 0.1) is 23.7 Å². The lowest BCUT2D eigenvalue weighted by atomic mass is 9.68. The van der Waals surface area contributed by atoms with Crippen LogP contribution in [0.15, 0.2) is 59.0 Å². The molecule has 0 saturated heterocycles. The first-order chi connectivity index (χ1) is 25.5.